The normalized spacial score (nSPS) is 15.7. The lowest BCUT2D eigenvalue weighted by atomic mass is 9.76. The monoisotopic (exact) mass is 556 g/mol. The van der Waals surface area contributed by atoms with Crippen LogP contribution in [0.25, 0.3) is 11.1 Å². The average Bonchev–Trinajstić information content (AvgIpc) is 2.98. The summed E-state index contributed by atoms with van der Waals surface area (Å²) < 4.78 is 10.8. The average molecular weight is 557 g/mol. The van der Waals surface area contributed by atoms with Crippen molar-refractivity contribution in [2.75, 3.05) is 26.7 Å². The highest BCUT2D eigenvalue weighted by Crippen LogP contribution is 2.33. The van der Waals surface area contributed by atoms with E-state index in [2.05, 4.69) is 29.3 Å². The van der Waals surface area contributed by atoms with Crippen LogP contribution in [0.5, 0.6) is 5.75 Å². The van der Waals surface area contributed by atoms with Crippen molar-refractivity contribution in [3.8, 4) is 16.9 Å². The van der Waals surface area contributed by atoms with Gasteiger partial charge in [0.2, 0.25) is 0 Å². The first-order valence-corrected chi connectivity index (χ1v) is 14.8. The minimum atomic E-state index is -0.267. The number of nitrogens with one attached hydrogen (secondary N) is 1. The van der Waals surface area contributed by atoms with Gasteiger partial charge in [-0.2, -0.15) is 0 Å². The van der Waals surface area contributed by atoms with Crippen LogP contribution in [-0.4, -0.2) is 55.7 Å². The molecule has 1 saturated heterocycles. The fraction of sp³-hybridized carbons (Fsp3) is 0.429. The Balaban J connectivity index is 1.29. The van der Waals surface area contributed by atoms with Crippen LogP contribution in [0.1, 0.15) is 68.8 Å². The molecule has 1 unspecified atom stereocenters. The minimum absolute atomic E-state index is 0.0261. The van der Waals surface area contributed by atoms with E-state index in [4.69, 9.17) is 9.47 Å². The zero-order valence-electron chi connectivity index (χ0n) is 24.9. The smallest absolute Gasteiger partial charge is 0.306 e. The van der Waals surface area contributed by atoms with Crippen LogP contribution in [0.2, 0.25) is 0 Å². The number of esters is 1. The van der Waals surface area contributed by atoms with Crippen LogP contribution in [0, 0.1) is 0 Å². The second kappa shape index (κ2) is 14.3. The molecule has 0 aliphatic carbocycles. The van der Waals surface area contributed by atoms with Gasteiger partial charge in [-0.3, -0.25) is 9.59 Å². The molecule has 0 radical (unpaired) electrons. The van der Waals surface area contributed by atoms with Gasteiger partial charge in [-0.1, -0.05) is 67.6 Å². The van der Waals surface area contributed by atoms with E-state index in [0.717, 1.165) is 62.2 Å². The first-order chi connectivity index (χ1) is 19.8. The molecule has 0 aromatic heterocycles. The van der Waals surface area contributed by atoms with Gasteiger partial charge in [0.1, 0.15) is 5.75 Å². The Hall–Kier alpha value is -3.64. The molecule has 1 aliphatic heterocycles. The Labute approximate surface area is 245 Å². The highest BCUT2D eigenvalue weighted by molar-refractivity contribution is 6.01. The van der Waals surface area contributed by atoms with Crippen LogP contribution in [0.3, 0.4) is 0 Å². The molecule has 4 rings (SSSR count). The third kappa shape index (κ3) is 8.43. The maximum atomic E-state index is 13.3. The molecule has 3 aromatic rings. The first kappa shape index (κ1) is 30.3. The summed E-state index contributed by atoms with van der Waals surface area (Å²) in [5, 5.41) is 3.29. The summed E-state index contributed by atoms with van der Waals surface area (Å²) in [6, 6.07) is 26.0. The van der Waals surface area contributed by atoms with E-state index in [1.807, 2.05) is 80.6 Å². The molecule has 6 nitrogen and oxygen atoms in total. The molecule has 3 aromatic carbocycles. The second-order valence-electron chi connectivity index (χ2n) is 11.6. The molecule has 1 amide bonds. The highest BCUT2D eigenvalue weighted by Gasteiger charge is 2.31. The first-order valence-electron chi connectivity index (χ1n) is 14.8. The Bertz CT molecular complexity index is 1270. The van der Waals surface area contributed by atoms with Crippen molar-refractivity contribution in [2.24, 2.45) is 0 Å². The Morgan fingerprint density at radius 3 is 2.27 bits per heavy atom. The number of hydrogen-bond donors (Lipinski definition) is 1. The third-order valence-corrected chi connectivity index (χ3v) is 8.07. The Kier molecular flexibility index (Phi) is 10.6. The molecule has 41 heavy (non-hydrogen) atoms. The molecule has 1 N–H and O–H groups in total. The molecule has 1 aliphatic rings. The molecule has 6 heteroatoms. The number of nitrogens with zero attached hydrogens (tertiary/aromatic N) is 1. The number of ether oxygens (including phenoxy) is 2. The Morgan fingerprint density at radius 2 is 1.61 bits per heavy atom. The van der Waals surface area contributed by atoms with Gasteiger partial charge in [0.15, 0.2) is 0 Å². The second-order valence-corrected chi connectivity index (χ2v) is 11.6. The van der Waals surface area contributed by atoms with E-state index in [0.29, 0.717) is 12.0 Å². The molecule has 0 saturated carbocycles. The lowest BCUT2D eigenvalue weighted by molar-refractivity contribution is -0.148. The molecule has 1 heterocycles. The van der Waals surface area contributed by atoms with Crippen molar-refractivity contribution in [3.05, 3.63) is 90.0 Å². The van der Waals surface area contributed by atoms with Crippen molar-refractivity contribution in [3.63, 3.8) is 0 Å². The predicted molar refractivity (Wildman–Crippen MR) is 164 cm³/mol. The number of methoxy groups -OCH3 is 1. The lowest BCUT2D eigenvalue weighted by Gasteiger charge is -2.34. The fourth-order valence-corrected chi connectivity index (χ4v) is 5.76. The van der Waals surface area contributed by atoms with Crippen molar-refractivity contribution in [1.29, 1.82) is 0 Å². The van der Waals surface area contributed by atoms with E-state index < -0.39 is 0 Å². The van der Waals surface area contributed by atoms with Crippen LogP contribution >= 0.6 is 0 Å². The summed E-state index contributed by atoms with van der Waals surface area (Å²) in [6.45, 7) is 8.83. The number of benzene rings is 3. The third-order valence-electron chi connectivity index (χ3n) is 8.07. The largest absolute Gasteiger partial charge is 0.497 e. The summed E-state index contributed by atoms with van der Waals surface area (Å²) in [4.78, 5) is 28.4. The van der Waals surface area contributed by atoms with Gasteiger partial charge in [0.05, 0.1) is 19.6 Å². The maximum absolute atomic E-state index is 13.3. The van der Waals surface area contributed by atoms with Gasteiger partial charge in [-0.15, -0.1) is 0 Å². The van der Waals surface area contributed by atoms with Crippen LogP contribution in [-0.2, 0) is 14.9 Å². The topological polar surface area (TPSA) is 67.9 Å². The van der Waals surface area contributed by atoms with E-state index in [1.165, 1.54) is 5.56 Å². The van der Waals surface area contributed by atoms with Crippen LogP contribution in [0.4, 0.5) is 0 Å². The number of piperidine rings is 1. The van der Waals surface area contributed by atoms with Gasteiger partial charge in [0, 0.05) is 30.1 Å². The summed E-state index contributed by atoms with van der Waals surface area (Å²) in [5.74, 6) is 0.624. The molecular weight excluding hydrogens is 512 g/mol. The fourth-order valence-electron chi connectivity index (χ4n) is 5.76. The van der Waals surface area contributed by atoms with Gasteiger partial charge in [-0.05, 0) is 81.0 Å². The number of hydrogen-bond acceptors (Lipinski definition) is 5. The van der Waals surface area contributed by atoms with E-state index in [1.54, 1.807) is 7.11 Å². The van der Waals surface area contributed by atoms with Crippen LogP contribution < -0.4 is 10.1 Å². The van der Waals surface area contributed by atoms with Gasteiger partial charge in [0.25, 0.3) is 5.91 Å². The standard InChI is InChI=1S/C35H44N2O4/c1-26(2)41-33(38)25-35(3,28-11-6-5-7-12-28)21-10-22-37-23-19-29(20-24-37)36-34(39)32-14-9-8-13-31(32)27-15-17-30(40-4)18-16-27/h5-9,11-18,26,29H,10,19-25H2,1-4H3,(H,36,39). The zero-order chi connectivity index (χ0) is 29.2. The zero-order valence-corrected chi connectivity index (χ0v) is 24.9. The van der Waals surface area contributed by atoms with Crippen molar-refractivity contribution in [1.82, 2.24) is 10.2 Å². The van der Waals surface area contributed by atoms with Gasteiger partial charge in [-0.25, -0.2) is 0 Å². The SMILES string of the molecule is COc1ccc(-c2ccccc2C(=O)NC2CCN(CCCC(C)(CC(=O)OC(C)C)c3ccccc3)CC2)cc1. The molecule has 0 spiro atoms. The molecule has 1 atom stereocenters. The van der Waals surface area contributed by atoms with E-state index >= 15 is 0 Å². The van der Waals surface area contributed by atoms with Crippen molar-refractivity contribution < 1.29 is 19.1 Å². The van der Waals surface area contributed by atoms with E-state index in [-0.39, 0.29) is 29.4 Å². The van der Waals surface area contributed by atoms with Crippen molar-refractivity contribution >= 4 is 11.9 Å². The molecule has 218 valence electrons. The number of amides is 1. The molecular formula is C35H44N2O4. The number of rotatable bonds is 12. The van der Waals surface area contributed by atoms with E-state index in [9.17, 15) is 9.59 Å². The summed E-state index contributed by atoms with van der Waals surface area (Å²) in [6.07, 6.45) is 4.01. The number of carbonyl (C=O) groups excluding carboxylic acids is 2. The summed E-state index contributed by atoms with van der Waals surface area (Å²) in [7, 11) is 1.65. The molecule has 0 bridgehead atoms. The highest BCUT2D eigenvalue weighted by atomic mass is 16.5. The minimum Gasteiger partial charge on any atom is -0.497 e. The van der Waals surface area contributed by atoms with Crippen LogP contribution in [0.15, 0.2) is 78.9 Å². The quantitative estimate of drug-likeness (QED) is 0.254. The summed E-state index contributed by atoms with van der Waals surface area (Å²) in [5.41, 5.74) is 3.51. The van der Waals surface area contributed by atoms with Gasteiger partial charge >= 0.3 is 5.97 Å². The maximum Gasteiger partial charge on any atom is 0.306 e. The summed E-state index contributed by atoms with van der Waals surface area (Å²) >= 11 is 0. The number of carbonyl (C=O) groups is 2. The number of likely N-dealkylation sites (tertiary alicyclic amines) is 1. The lowest BCUT2D eigenvalue weighted by Crippen LogP contribution is -2.45. The predicted octanol–water partition coefficient (Wildman–Crippen LogP) is 6.64. The van der Waals surface area contributed by atoms with Crippen molar-refractivity contribution in [2.45, 2.75) is 70.4 Å². The molecule has 1 fully saturated rings. The van der Waals surface area contributed by atoms with Gasteiger partial charge < -0.3 is 19.7 Å². The Morgan fingerprint density at radius 1 is 0.951 bits per heavy atom.